The normalized spacial score (nSPS) is 9.91. The molecule has 0 aliphatic heterocycles. The third-order valence-electron chi connectivity index (χ3n) is 1.40. The Morgan fingerprint density at radius 2 is 2.09 bits per heavy atom. The molecule has 66 valence electrons. The number of ether oxygens (including phenoxy) is 1. The lowest BCUT2D eigenvalue weighted by Gasteiger charge is -2.01. The Bertz CT molecular complexity index is 104. The second-order valence-electron chi connectivity index (χ2n) is 2.64. The number of nitrogens with one attached hydrogen (secondary N) is 1. The number of hydrogen-bond donors (Lipinski definition) is 2. The highest BCUT2D eigenvalue weighted by Crippen LogP contribution is 1.98. The van der Waals surface area contributed by atoms with Gasteiger partial charge in [0.15, 0.2) is 0 Å². The minimum atomic E-state index is 0.112. The van der Waals surface area contributed by atoms with Crippen LogP contribution in [-0.4, -0.2) is 19.0 Å². The molecule has 0 spiro atoms. The van der Waals surface area contributed by atoms with Crippen molar-refractivity contribution in [3.63, 3.8) is 0 Å². The first-order valence-corrected chi connectivity index (χ1v) is 4.18. The van der Waals surface area contributed by atoms with Crippen molar-refractivity contribution in [1.29, 1.82) is 5.41 Å². The number of hydrogen-bond acceptors (Lipinski definition) is 2. The molecule has 3 N–H and O–H groups in total. The quantitative estimate of drug-likeness (QED) is 0.335. The lowest BCUT2D eigenvalue weighted by Crippen LogP contribution is -2.17. The van der Waals surface area contributed by atoms with Crippen LogP contribution in [0.2, 0.25) is 0 Å². The zero-order valence-corrected chi connectivity index (χ0v) is 7.23. The minimum Gasteiger partial charge on any atom is -0.386 e. The first kappa shape index (κ1) is 10.4. The molecule has 0 aromatic carbocycles. The van der Waals surface area contributed by atoms with Gasteiger partial charge in [-0.25, -0.2) is 0 Å². The van der Waals surface area contributed by atoms with Crippen molar-refractivity contribution in [2.75, 3.05) is 13.2 Å². The lowest BCUT2D eigenvalue weighted by molar-refractivity contribution is 0.165. The molecule has 0 aromatic heterocycles. The van der Waals surface area contributed by atoms with Crippen molar-refractivity contribution in [3.05, 3.63) is 0 Å². The molecule has 0 rings (SSSR count). The van der Waals surface area contributed by atoms with E-state index in [1.54, 1.807) is 0 Å². The van der Waals surface area contributed by atoms with Gasteiger partial charge in [-0.3, -0.25) is 5.41 Å². The number of unbranched alkanes of at least 4 members (excludes halogenated alkanes) is 3. The van der Waals surface area contributed by atoms with Crippen molar-refractivity contribution >= 4 is 5.84 Å². The molecule has 0 aliphatic rings. The van der Waals surface area contributed by atoms with Crippen LogP contribution < -0.4 is 5.73 Å². The second-order valence-corrected chi connectivity index (χ2v) is 2.64. The zero-order valence-electron chi connectivity index (χ0n) is 7.23. The molecule has 0 amide bonds. The second kappa shape index (κ2) is 7.54. The van der Waals surface area contributed by atoms with Gasteiger partial charge >= 0.3 is 0 Å². The molecule has 0 aromatic rings. The predicted octanol–water partition coefficient (Wildman–Crippen LogP) is 1.52. The van der Waals surface area contributed by atoms with Crippen LogP contribution >= 0.6 is 0 Å². The first-order valence-electron chi connectivity index (χ1n) is 4.18. The van der Waals surface area contributed by atoms with Gasteiger partial charge in [0.1, 0.15) is 12.4 Å². The Labute approximate surface area is 68.4 Å². The maximum atomic E-state index is 6.86. The molecule has 0 saturated carbocycles. The molecule has 0 aliphatic carbocycles. The van der Waals surface area contributed by atoms with E-state index in [0.717, 1.165) is 13.0 Å². The largest absolute Gasteiger partial charge is 0.386 e. The fraction of sp³-hybridized carbons (Fsp3) is 0.875. The van der Waals surface area contributed by atoms with E-state index in [-0.39, 0.29) is 12.4 Å². The van der Waals surface area contributed by atoms with Gasteiger partial charge in [0.05, 0.1) is 0 Å². The van der Waals surface area contributed by atoms with E-state index in [0.29, 0.717) is 0 Å². The van der Waals surface area contributed by atoms with Crippen LogP contribution in [0, 0.1) is 5.41 Å². The van der Waals surface area contributed by atoms with Crippen LogP contribution in [0.4, 0.5) is 0 Å². The summed E-state index contributed by atoms with van der Waals surface area (Å²) >= 11 is 0. The van der Waals surface area contributed by atoms with Crippen LogP contribution in [0.3, 0.4) is 0 Å². The summed E-state index contributed by atoms with van der Waals surface area (Å²) in [6, 6.07) is 0. The van der Waals surface area contributed by atoms with Crippen molar-refractivity contribution in [2.45, 2.75) is 32.6 Å². The molecule has 11 heavy (non-hydrogen) atoms. The molecule has 3 heteroatoms. The summed E-state index contributed by atoms with van der Waals surface area (Å²) in [4.78, 5) is 0. The Morgan fingerprint density at radius 1 is 1.36 bits per heavy atom. The van der Waals surface area contributed by atoms with Crippen molar-refractivity contribution in [3.8, 4) is 0 Å². The third-order valence-corrected chi connectivity index (χ3v) is 1.40. The van der Waals surface area contributed by atoms with Crippen LogP contribution in [-0.2, 0) is 4.74 Å². The van der Waals surface area contributed by atoms with Gasteiger partial charge in [0, 0.05) is 6.61 Å². The molecule has 0 bridgehead atoms. The summed E-state index contributed by atoms with van der Waals surface area (Å²) in [5.41, 5.74) is 5.09. The summed E-state index contributed by atoms with van der Waals surface area (Å²) in [6.07, 6.45) is 4.81. The predicted molar refractivity (Wildman–Crippen MR) is 46.9 cm³/mol. The minimum absolute atomic E-state index is 0.112. The molecule has 0 radical (unpaired) electrons. The average Bonchev–Trinajstić information content (AvgIpc) is 1.96. The van der Waals surface area contributed by atoms with Gasteiger partial charge in [-0.1, -0.05) is 26.2 Å². The van der Waals surface area contributed by atoms with E-state index in [9.17, 15) is 0 Å². The zero-order chi connectivity index (χ0) is 8.53. The lowest BCUT2D eigenvalue weighted by atomic mass is 10.2. The van der Waals surface area contributed by atoms with Crippen LogP contribution in [0.5, 0.6) is 0 Å². The number of nitrogens with two attached hydrogens (primary N) is 1. The van der Waals surface area contributed by atoms with Gasteiger partial charge in [-0.15, -0.1) is 0 Å². The SMILES string of the molecule is CCCCCCOCC(=N)N. The van der Waals surface area contributed by atoms with E-state index in [4.69, 9.17) is 15.9 Å². The molecule has 0 atom stereocenters. The highest BCUT2D eigenvalue weighted by Gasteiger charge is 1.90. The van der Waals surface area contributed by atoms with Crippen molar-refractivity contribution in [2.24, 2.45) is 5.73 Å². The van der Waals surface area contributed by atoms with E-state index >= 15 is 0 Å². The van der Waals surface area contributed by atoms with Gasteiger partial charge in [0.25, 0.3) is 0 Å². The van der Waals surface area contributed by atoms with E-state index in [1.807, 2.05) is 0 Å². The molecule has 0 unspecified atom stereocenters. The summed E-state index contributed by atoms with van der Waals surface area (Å²) in [5, 5.41) is 6.86. The molecule has 3 nitrogen and oxygen atoms in total. The average molecular weight is 158 g/mol. The van der Waals surface area contributed by atoms with Crippen molar-refractivity contribution in [1.82, 2.24) is 0 Å². The molecule has 0 saturated heterocycles. The van der Waals surface area contributed by atoms with Gasteiger partial charge in [-0.2, -0.15) is 0 Å². The summed E-state index contributed by atoms with van der Waals surface area (Å²) < 4.78 is 5.09. The maximum Gasteiger partial charge on any atom is 0.117 e. The molecular weight excluding hydrogens is 140 g/mol. The third kappa shape index (κ3) is 9.43. The molecular formula is C8H18N2O. The van der Waals surface area contributed by atoms with Crippen LogP contribution in [0.25, 0.3) is 0 Å². The van der Waals surface area contributed by atoms with E-state index in [1.165, 1.54) is 19.3 Å². The Morgan fingerprint density at radius 3 is 2.64 bits per heavy atom. The highest BCUT2D eigenvalue weighted by atomic mass is 16.5. The fourth-order valence-corrected chi connectivity index (χ4v) is 0.813. The van der Waals surface area contributed by atoms with Crippen LogP contribution in [0.15, 0.2) is 0 Å². The maximum absolute atomic E-state index is 6.86. The van der Waals surface area contributed by atoms with E-state index < -0.39 is 0 Å². The summed E-state index contributed by atoms with van der Waals surface area (Å²) in [6.45, 7) is 3.20. The highest BCUT2D eigenvalue weighted by molar-refractivity contribution is 5.78. The Kier molecular flexibility index (Phi) is 7.15. The summed E-state index contributed by atoms with van der Waals surface area (Å²) in [5.74, 6) is 0.112. The Balaban J connectivity index is 2.85. The molecule has 0 fully saturated rings. The summed E-state index contributed by atoms with van der Waals surface area (Å²) in [7, 11) is 0. The standard InChI is InChI=1S/C8H18N2O/c1-2-3-4-5-6-11-7-8(9)10/h2-7H2,1H3,(H3,9,10). The van der Waals surface area contributed by atoms with Gasteiger partial charge in [0.2, 0.25) is 0 Å². The number of rotatable bonds is 7. The van der Waals surface area contributed by atoms with E-state index in [2.05, 4.69) is 6.92 Å². The monoisotopic (exact) mass is 158 g/mol. The molecule has 0 heterocycles. The number of amidine groups is 1. The Hall–Kier alpha value is -0.570. The van der Waals surface area contributed by atoms with Gasteiger partial charge < -0.3 is 10.5 Å². The first-order chi connectivity index (χ1) is 5.27. The smallest absolute Gasteiger partial charge is 0.117 e. The van der Waals surface area contributed by atoms with Gasteiger partial charge in [-0.05, 0) is 6.42 Å². The van der Waals surface area contributed by atoms with Crippen LogP contribution in [0.1, 0.15) is 32.6 Å². The van der Waals surface area contributed by atoms with Crippen molar-refractivity contribution < 1.29 is 4.74 Å². The topological polar surface area (TPSA) is 59.1 Å². The fourth-order valence-electron chi connectivity index (χ4n) is 0.813.